The van der Waals surface area contributed by atoms with E-state index in [0.717, 1.165) is 24.2 Å². The van der Waals surface area contributed by atoms with Gasteiger partial charge in [-0.1, -0.05) is 18.2 Å². The zero-order valence-corrected chi connectivity index (χ0v) is 11.6. The van der Waals surface area contributed by atoms with Crippen molar-refractivity contribution >= 4 is 11.6 Å². The molecule has 0 atom stereocenters. The van der Waals surface area contributed by atoms with Crippen LogP contribution < -0.4 is 10.6 Å². The number of aromatic nitrogens is 1. The van der Waals surface area contributed by atoms with Crippen molar-refractivity contribution in [3.05, 3.63) is 59.9 Å². The number of nitrogens with one attached hydrogen (secondary N) is 2. The van der Waals surface area contributed by atoms with Gasteiger partial charge in [0.25, 0.3) is 0 Å². The zero-order chi connectivity index (χ0) is 14.2. The molecular weight excluding hydrogens is 250 g/mol. The fourth-order valence-corrected chi connectivity index (χ4v) is 1.89. The Morgan fingerprint density at radius 1 is 1.15 bits per heavy atom. The van der Waals surface area contributed by atoms with Gasteiger partial charge in [0.15, 0.2) is 0 Å². The van der Waals surface area contributed by atoms with Gasteiger partial charge in [-0.15, -0.1) is 0 Å². The molecule has 0 spiro atoms. The predicted octanol–water partition coefficient (Wildman–Crippen LogP) is 2.16. The molecule has 0 fully saturated rings. The first-order valence-electron chi connectivity index (χ1n) is 6.71. The third-order valence-electron chi connectivity index (χ3n) is 3.04. The van der Waals surface area contributed by atoms with E-state index in [1.165, 1.54) is 5.56 Å². The van der Waals surface area contributed by atoms with Gasteiger partial charge in [-0.25, -0.2) is 0 Å². The van der Waals surface area contributed by atoms with E-state index < -0.39 is 0 Å². The minimum atomic E-state index is -0.0194. The number of para-hydroxylation sites is 1. The van der Waals surface area contributed by atoms with Crippen molar-refractivity contribution in [2.75, 3.05) is 18.4 Å². The lowest BCUT2D eigenvalue weighted by Gasteiger charge is -2.09. The first-order chi connectivity index (χ1) is 9.75. The van der Waals surface area contributed by atoms with E-state index in [-0.39, 0.29) is 5.91 Å². The van der Waals surface area contributed by atoms with Crippen LogP contribution in [0.5, 0.6) is 0 Å². The minimum absolute atomic E-state index is 0.0194. The summed E-state index contributed by atoms with van der Waals surface area (Å²) in [6.45, 7) is 3.07. The summed E-state index contributed by atoms with van der Waals surface area (Å²) in [6.07, 6.45) is 4.45. The Morgan fingerprint density at radius 2 is 1.90 bits per heavy atom. The maximum Gasteiger partial charge on any atom is 0.238 e. The van der Waals surface area contributed by atoms with Gasteiger partial charge < -0.3 is 10.6 Å². The van der Waals surface area contributed by atoms with Crippen LogP contribution in [-0.2, 0) is 11.2 Å². The molecule has 2 rings (SSSR count). The van der Waals surface area contributed by atoms with Crippen molar-refractivity contribution in [3.8, 4) is 0 Å². The number of amides is 1. The Labute approximate surface area is 119 Å². The predicted molar refractivity (Wildman–Crippen MR) is 80.6 cm³/mol. The molecule has 0 aliphatic heterocycles. The van der Waals surface area contributed by atoms with Gasteiger partial charge in [0, 0.05) is 18.1 Å². The van der Waals surface area contributed by atoms with Crippen LogP contribution in [0.25, 0.3) is 0 Å². The highest BCUT2D eigenvalue weighted by Crippen LogP contribution is 2.12. The Balaban J connectivity index is 1.69. The van der Waals surface area contributed by atoms with Crippen molar-refractivity contribution in [3.63, 3.8) is 0 Å². The molecule has 1 aromatic carbocycles. The molecule has 1 aromatic heterocycles. The average molecular weight is 269 g/mol. The number of hydrogen-bond acceptors (Lipinski definition) is 3. The van der Waals surface area contributed by atoms with Crippen LogP contribution in [0, 0.1) is 6.92 Å². The molecule has 0 aliphatic rings. The van der Waals surface area contributed by atoms with E-state index in [1.807, 2.05) is 43.3 Å². The van der Waals surface area contributed by atoms with Gasteiger partial charge in [-0.3, -0.25) is 9.78 Å². The molecule has 4 nitrogen and oxygen atoms in total. The van der Waals surface area contributed by atoms with Gasteiger partial charge in [0.2, 0.25) is 5.91 Å². The molecule has 104 valence electrons. The SMILES string of the molecule is Cc1ccccc1NC(=O)CNCCc1ccncc1. The van der Waals surface area contributed by atoms with Crippen LogP contribution in [0.3, 0.4) is 0 Å². The second kappa shape index (κ2) is 7.40. The normalized spacial score (nSPS) is 10.2. The standard InChI is InChI=1S/C16H19N3O/c1-13-4-2-3-5-15(13)19-16(20)12-18-11-8-14-6-9-17-10-7-14/h2-7,9-10,18H,8,11-12H2,1H3,(H,19,20). The van der Waals surface area contributed by atoms with E-state index in [0.29, 0.717) is 6.54 Å². The number of carbonyl (C=O) groups excluding carboxylic acids is 1. The third-order valence-corrected chi connectivity index (χ3v) is 3.04. The van der Waals surface area contributed by atoms with Crippen LogP contribution in [0.15, 0.2) is 48.8 Å². The van der Waals surface area contributed by atoms with Crippen molar-refractivity contribution in [1.29, 1.82) is 0 Å². The molecule has 0 unspecified atom stereocenters. The fraction of sp³-hybridized carbons (Fsp3) is 0.250. The number of carbonyl (C=O) groups is 1. The van der Waals surface area contributed by atoms with Crippen molar-refractivity contribution in [2.45, 2.75) is 13.3 Å². The van der Waals surface area contributed by atoms with Crippen molar-refractivity contribution < 1.29 is 4.79 Å². The Hall–Kier alpha value is -2.20. The van der Waals surface area contributed by atoms with Crippen LogP contribution in [0.4, 0.5) is 5.69 Å². The topological polar surface area (TPSA) is 54.0 Å². The summed E-state index contributed by atoms with van der Waals surface area (Å²) in [4.78, 5) is 15.8. The van der Waals surface area contributed by atoms with Gasteiger partial charge in [0.05, 0.1) is 6.54 Å². The van der Waals surface area contributed by atoms with E-state index in [9.17, 15) is 4.79 Å². The van der Waals surface area contributed by atoms with E-state index in [1.54, 1.807) is 12.4 Å². The molecule has 0 saturated carbocycles. The maximum atomic E-state index is 11.8. The molecule has 1 heterocycles. The lowest BCUT2D eigenvalue weighted by molar-refractivity contribution is -0.115. The molecule has 1 amide bonds. The molecular formula is C16H19N3O. The molecule has 2 aromatic rings. The largest absolute Gasteiger partial charge is 0.325 e. The number of rotatable bonds is 6. The minimum Gasteiger partial charge on any atom is -0.325 e. The zero-order valence-electron chi connectivity index (χ0n) is 11.6. The van der Waals surface area contributed by atoms with Crippen LogP contribution in [0.2, 0.25) is 0 Å². The maximum absolute atomic E-state index is 11.8. The highest BCUT2D eigenvalue weighted by atomic mass is 16.1. The summed E-state index contributed by atoms with van der Waals surface area (Å²) in [7, 11) is 0. The highest BCUT2D eigenvalue weighted by Gasteiger charge is 2.03. The van der Waals surface area contributed by atoms with E-state index in [2.05, 4.69) is 15.6 Å². The number of aryl methyl sites for hydroxylation is 1. The number of anilines is 1. The summed E-state index contributed by atoms with van der Waals surface area (Å²) in [5.41, 5.74) is 3.15. The number of nitrogens with zero attached hydrogens (tertiary/aromatic N) is 1. The average Bonchev–Trinajstić information content (AvgIpc) is 2.47. The summed E-state index contributed by atoms with van der Waals surface area (Å²) >= 11 is 0. The van der Waals surface area contributed by atoms with Crippen molar-refractivity contribution in [2.24, 2.45) is 0 Å². The van der Waals surface area contributed by atoms with Crippen LogP contribution >= 0.6 is 0 Å². The van der Waals surface area contributed by atoms with Gasteiger partial charge in [-0.05, 0) is 49.2 Å². The third kappa shape index (κ3) is 4.48. The Bertz CT molecular complexity index is 555. The molecule has 0 aliphatic carbocycles. The van der Waals surface area contributed by atoms with Gasteiger partial charge >= 0.3 is 0 Å². The van der Waals surface area contributed by atoms with Crippen LogP contribution in [0.1, 0.15) is 11.1 Å². The number of benzene rings is 1. The van der Waals surface area contributed by atoms with E-state index in [4.69, 9.17) is 0 Å². The van der Waals surface area contributed by atoms with Gasteiger partial charge in [-0.2, -0.15) is 0 Å². The molecule has 20 heavy (non-hydrogen) atoms. The molecule has 4 heteroatoms. The quantitative estimate of drug-likeness (QED) is 0.790. The first kappa shape index (κ1) is 14.2. The lowest BCUT2D eigenvalue weighted by atomic mass is 10.2. The van der Waals surface area contributed by atoms with Gasteiger partial charge in [0.1, 0.15) is 0 Å². The highest BCUT2D eigenvalue weighted by molar-refractivity contribution is 5.92. The Morgan fingerprint density at radius 3 is 2.65 bits per heavy atom. The molecule has 2 N–H and O–H groups in total. The summed E-state index contributed by atoms with van der Waals surface area (Å²) in [5.74, 6) is -0.0194. The van der Waals surface area contributed by atoms with Crippen LogP contribution in [-0.4, -0.2) is 24.0 Å². The number of pyridine rings is 1. The summed E-state index contributed by atoms with van der Waals surface area (Å²) < 4.78 is 0. The smallest absolute Gasteiger partial charge is 0.238 e. The lowest BCUT2D eigenvalue weighted by Crippen LogP contribution is -2.29. The summed E-state index contributed by atoms with van der Waals surface area (Å²) in [6, 6.07) is 11.7. The first-order valence-corrected chi connectivity index (χ1v) is 6.71. The fourth-order valence-electron chi connectivity index (χ4n) is 1.89. The number of hydrogen-bond donors (Lipinski definition) is 2. The molecule has 0 bridgehead atoms. The molecule has 0 saturated heterocycles. The summed E-state index contributed by atoms with van der Waals surface area (Å²) in [5, 5.41) is 6.04. The Kier molecular flexibility index (Phi) is 5.26. The van der Waals surface area contributed by atoms with Crippen molar-refractivity contribution in [1.82, 2.24) is 10.3 Å². The van der Waals surface area contributed by atoms with E-state index >= 15 is 0 Å². The monoisotopic (exact) mass is 269 g/mol. The second-order valence-electron chi connectivity index (χ2n) is 4.65. The molecule has 0 radical (unpaired) electrons. The second-order valence-corrected chi connectivity index (χ2v) is 4.65.